The summed E-state index contributed by atoms with van der Waals surface area (Å²) in [6, 6.07) is 0.0317. The molecular formula is C12H19N3O2S. The van der Waals surface area contributed by atoms with Gasteiger partial charge in [0.05, 0.1) is 15.4 Å². The number of carbonyl (C=O) groups excluding carboxylic acids is 2. The quantitative estimate of drug-likeness (QED) is 0.872. The lowest BCUT2D eigenvalue weighted by Gasteiger charge is -2.10. The van der Waals surface area contributed by atoms with Gasteiger partial charge in [0, 0.05) is 20.1 Å². The van der Waals surface area contributed by atoms with E-state index in [1.807, 2.05) is 13.8 Å². The summed E-state index contributed by atoms with van der Waals surface area (Å²) in [6.07, 6.45) is 0. The molecule has 1 heterocycles. The van der Waals surface area contributed by atoms with Crippen LogP contribution in [0.15, 0.2) is 0 Å². The molecule has 1 aromatic rings. The van der Waals surface area contributed by atoms with E-state index in [9.17, 15) is 9.59 Å². The van der Waals surface area contributed by atoms with Crippen LogP contribution in [0.1, 0.15) is 39.4 Å². The first kappa shape index (κ1) is 14.5. The molecule has 0 atom stereocenters. The van der Waals surface area contributed by atoms with Crippen LogP contribution in [0.2, 0.25) is 0 Å². The van der Waals surface area contributed by atoms with E-state index in [4.69, 9.17) is 5.73 Å². The van der Waals surface area contributed by atoms with Gasteiger partial charge in [-0.2, -0.15) is 0 Å². The van der Waals surface area contributed by atoms with Gasteiger partial charge in [-0.05, 0) is 26.3 Å². The number of anilines is 1. The van der Waals surface area contributed by atoms with Crippen LogP contribution in [0.5, 0.6) is 0 Å². The van der Waals surface area contributed by atoms with Gasteiger partial charge < -0.3 is 16.0 Å². The maximum Gasteiger partial charge on any atom is 0.263 e. The fourth-order valence-electron chi connectivity index (χ4n) is 1.56. The maximum absolute atomic E-state index is 12.0. The summed E-state index contributed by atoms with van der Waals surface area (Å²) in [5, 5.41) is 3.17. The van der Waals surface area contributed by atoms with Crippen molar-refractivity contribution in [3.8, 4) is 0 Å². The van der Waals surface area contributed by atoms with Crippen molar-refractivity contribution in [2.75, 3.05) is 19.8 Å². The van der Waals surface area contributed by atoms with Gasteiger partial charge in [0.15, 0.2) is 0 Å². The highest BCUT2D eigenvalue weighted by molar-refractivity contribution is 7.18. The predicted molar refractivity (Wildman–Crippen MR) is 74.1 cm³/mol. The lowest BCUT2D eigenvalue weighted by Crippen LogP contribution is -2.31. The molecule has 6 heteroatoms. The van der Waals surface area contributed by atoms with Crippen LogP contribution in [-0.4, -0.2) is 36.9 Å². The van der Waals surface area contributed by atoms with Crippen molar-refractivity contribution in [1.29, 1.82) is 0 Å². The van der Waals surface area contributed by atoms with Gasteiger partial charge in [-0.15, -0.1) is 11.3 Å². The largest absolute Gasteiger partial charge is 0.390 e. The summed E-state index contributed by atoms with van der Waals surface area (Å²) < 4.78 is 0. The number of amides is 2. The summed E-state index contributed by atoms with van der Waals surface area (Å²) in [7, 11) is 3.34. The third-order valence-corrected chi connectivity index (χ3v) is 3.53. The summed E-state index contributed by atoms with van der Waals surface area (Å²) in [5.74, 6) is -0.359. The van der Waals surface area contributed by atoms with Crippen LogP contribution in [0.3, 0.4) is 0 Å². The van der Waals surface area contributed by atoms with Crippen LogP contribution < -0.4 is 11.1 Å². The Hall–Kier alpha value is -1.56. The standard InChI is InChI=1S/C12H19N3O2S/c1-6(2)14-11(16)8-7(3)9(18-10(8)13)12(17)15(4)5/h6H,13H2,1-5H3,(H,14,16). The Morgan fingerprint density at radius 2 is 1.89 bits per heavy atom. The van der Waals surface area contributed by atoms with E-state index < -0.39 is 0 Å². The molecule has 0 unspecified atom stereocenters. The molecule has 0 saturated carbocycles. The van der Waals surface area contributed by atoms with E-state index in [0.29, 0.717) is 21.0 Å². The van der Waals surface area contributed by atoms with Gasteiger partial charge in [-0.1, -0.05) is 0 Å². The predicted octanol–water partition coefficient (Wildman–Crippen LogP) is 1.48. The molecule has 5 nitrogen and oxygen atoms in total. The Labute approximate surface area is 111 Å². The number of nitrogens with two attached hydrogens (primary N) is 1. The molecule has 1 rings (SSSR count). The molecule has 0 aromatic carbocycles. The second-order valence-corrected chi connectivity index (χ2v) is 5.68. The Bertz CT molecular complexity index is 478. The summed E-state index contributed by atoms with van der Waals surface area (Å²) in [5.41, 5.74) is 6.91. The molecule has 0 fully saturated rings. The van der Waals surface area contributed by atoms with Crippen LogP contribution in [0.4, 0.5) is 5.00 Å². The molecule has 3 N–H and O–H groups in total. The van der Waals surface area contributed by atoms with Crippen molar-refractivity contribution in [3.05, 3.63) is 16.0 Å². The van der Waals surface area contributed by atoms with Gasteiger partial charge >= 0.3 is 0 Å². The van der Waals surface area contributed by atoms with Crippen LogP contribution >= 0.6 is 11.3 Å². The monoisotopic (exact) mass is 269 g/mol. The van der Waals surface area contributed by atoms with E-state index in [1.165, 1.54) is 4.90 Å². The molecule has 18 heavy (non-hydrogen) atoms. The van der Waals surface area contributed by atoms with Gasteiger partial charge in [-0.3, -0.25) is 9.59 Å². The Kier molecular flexibility index (Phi) is 4.34. The second-order valence-electron chi connectivity index (χ2n) is 4.62. The SMILES string of the molecule is Cc1c(C(=O)N(C)C)sc(N)c1C(=O)NC(C)C. The van der Waals surface area contributed by atoms with E-state index in [2.05, 4.69) is 5.32 Å². The zero-order valence-corrected chi connectivity index (χ0v) is 12.1. The zero-order valence-electron chi connectivity index (χ0n) is 11.3. The summed E-state index contributed by atoms with van der Waals surface area (Å²) in [4.78, 5) is 25.9. The molecular weight excluding hydrogens is 250 g/mol. The van der Waals surface area contributed by atoms with E-state index in [-0.39, 0.29) is 17.9 Å². The minimum absolute atomic E-state index is 0.0317. The number of hydrogen-bond donors (Lipinski definition) is 2. The van der Waals surface area contributed by atoms with E-state index in [1.54, 1.807) is 21.0 Å². The lowest BCUT2D eigenvalue weighted by atomic mass is 10.1. The molecule has 100 valence electrons. The van der Waals surface area contributed by atoms with Gasteiger partial charge in [-0.25, -0.2) is 0 Å². The third kappa shape index (κ3) is 2.81. The fraction of sp³-hybridized carbons (Fsp3) is 0.500. The smallest absolute Gasteiger partial charge is 0.263 e. The molecule has 0 bridgehead atoms. The Morgan fingerprint density at radius 3 is 2.33 bits per heavy atom. The highest BCUT2D eigenvalue weighted by Gasteiger charge is 2.24. The minimum atomic E-state index is -0.228. The van der Waals surface area contributed by atoms with Crippen molar-refractivity contribution in [1.82, 2.24) is 10.2 Å². The zero-order chi connectivity index (χ0) is 14.0. The first-order valence-corrected chi connectivity index (χ1v) is 6.48. The van der Waals surface area contributed by atoms with Gasteiger partial charge in [0.1, 0.15) is 0 Å². The number of nitrogens with zero attached hydrogens (tertiary/aromatic N) is 1. The number of carbonyl (C=O) groups is 2. The number of thiophene rings is 1. The summed E-state index contributed by atoms with van der Waals surface area (Å²) in [6.45, 7) is 5.50. The fourth-order valence-corrected chi connectivity index (χ4v) is 2.65. The van der Waals surface area contributed by atoms with Gasteiger partial charge in [0.2, 0.25) is 0 Å². The Morgan fingerprint density at radius 1 is 1.33 bits per heavy atom. The van der Waals surface area contributed by atoms with Crippen LogP contribution in [-0.2, 0) is 0 Å². The minimum Gasteiger partial charge on any atom is -0.390 e. The van der Waals surface area contributed by atoms with Gasteiger partial charge in [0.25, 0.3) is 11.8 Å². The topological polar surface area (TPSA) is 75.4 Å². The average Bonchev–Trinajstić information content (AvgIpc) is 2.51. The highest BCUT2D eigenvalue weighted by atomic mass is 32.1. The first-order valence-electron chi connectivity index (χ1n) is 5.67. The van der Waals surface area contributed by atoms with Crippen molar-refractivity contribution in [2.24, 2.45) is 0 Å². The number of hydrogen-bond acceptors (Lipinski definition) is 4. The molecule has 0 aliphatic rings. The first-order chi connectivity index (χ1) is 8.25. The maximum atomic E-state index is 12.0. The molecule has 0 aliphatic heterocycles. The van der Waals surface area contributed by atoms with Crippen LogP contribution in [0.25, 0.3) is 0 Å². The van der Waals surface area contributed by atoms with Crippen molar-refractivity contribution >= 4 is 28.2 Å². The molecule has 0 aliphatic carbocycles. The third-order valence-electron chi connectivity index (χ3n) is 2.42. The highest BCUT2D eigenvalue weighted by Crippen LogP contribution is 2.31. The molecule has 0 radical (unpaired) electrons. The van der Waals surface area contributed by atoms with E-state index >= 15 is 0 Å². The Balaban J connectivity index is 3.16. The molecule has 2 amide bonds. The van der Waals surface area contributed by atoms with Crippen molar-refractivity contribution in [3.63, 3.8) is 0 Å². The number of rotatable bonds is 3. The number of nitrogen functional groups attached to an aromatic ring is 1. The van der Waals surface area contributed by atoms with Crippen molar-refractivity contribution < 1.29 is 9.59 Å². The molecule has 0 spiro atoms. The van der Waals surface area contributed by atoms with Crippen molar-refractivity contribution in [2.45, 2.75) is 26.8 Å². The molecule has 0 saturated heterocycles. The second kappa shape index (κ2) is 5.39. The lowest BCUT2D eigenvalue weighted by molar-refractivity contribution is 0.0831. The van der Waals surface area contributed by atoms with E-state index in [0.717, 1.165) is 11.3 Å². The number of nitrogens with one attached hydrogen (secondary N) is 1. The van der Waals surface area contributed by atoms with Crippen LogP contribution in [0, 0.1) is 6.92 Å². The molecule has 1 aromatic heterocycles. The summed E-state index contributed by atoms with van der Waals surface area (Å²) >= 11 is 1.16. The average molecular weight is 269 g/mol. The normalized spacial score (nSPS) is 10.6.